The highest BCUT2D eigenvalue weighted by molar-refractivity contribution is 5.89. The van der Waals surface area contributed by atoms with Gasteiger partial charge in [-0.2, -0.15) is 0 Å². The van der Waals surface area contributed by atoms with Crippen LogP contribution in [0.4, 0.5) is 5.69 Å². The van der Waals surface area contributed by atoms with Crippen molar-refractivity contribution in [3.8, 4) is 0 Å². The van der Waals surface area contributed by atoms with Crippen LogP contribution < -0.4 is 11.5 Å². The average molecular weight is 259 g/mol. The summed E-state index contributed by atoms with van der Waals surface area (Å²) in [5.41, 5.74) is 13.0. The molecule has 1 atom stereocenters. The molecule has 0 bridgehead atoms. The molecule has 2 rings (SSSR count). The van der Waals surface area contributed by atoms with Crippen LogP contribution in [0.2, 0.25) is 0 Å². The van der Waals surface area contributed by atoms with Gasteiger partial charge in [-0.1, -0.05) is 32.3 Å². The SMILES string of the molecule is CCCCCC(C)N.Nc1cccc2ncccc12. The summed E-state index contributed by atoms with van der Waals surface area (Å²) < 4.78 is 0. The molecular weight excluding hydrogens is 234 g/mol. The summed E-state index contributed by atoms with van der Waals surface area (Å²) in [5, 5.41) is 1.02. The van der Waals surface area contributed by atoms with Crippen molar-refractivity contribution >= 4 is 16.6 Å². The molecule has 1 aromatic heterocycles. The summed E-state index contributed by atoms with van der Waals surface area (Å²) in [4.78, 5) is 4.16. The first kappa shape index (κ1) is 15.4. The summed E-state index contributed by atoms with van der Waals surface area (Å²) in [6.07, 6.45) is 6.89. The molecule has 0 fully saturated rings. The highest BCUT2D eigenvalue weighted by atomic mass is 14.7. The maximum atomic E-state index is 5.72. The lowest BCUT2D eigenvalue weighted by molar-refractivity contribution is 0.592. The third kappa shape index (κ3) is 5.71. The topological polar surface area (TPSA) is 64.9 Å². The third-order valence-electron chi connectivity index (χ3n) is 2.94. The molecule has 0 spiro atoms. The minimum Gasteiger partial charge on any atom is -0.398 e. The van der Waals surface area contributed by atoms with Gasteiger partial charge in [-0.05, 0) is 37.6 Å². The van der Waals surface area contributed by atoms with Gasteiger partial charge in [-0.15, -0.1) is 0 Å². The number of fused-ring (bicyclic) bond motifs is 1. The smallest absolute Gasteiger partial charge is 0.0722 e. The maximum Gasteiger partial charge on any atom is 0.0722 e. The number of hydrogen-bond donors (Lipinski definition) is 2. The monoisotopic (exact) mass is 259 g/mol. The van der Waals surface area contributed by atoms with Crippen LogP contribution in [0.5, 0.6) is 0 Å². The van der Waals surface area contributed by atoms with Crippen molar-refractivity contribution in [2.45, 2.75) is 45.6 Å². The summed E-state index contributed by atoms with van der Waals surface area (Å²) in [7, 11) is 0. The molecular formula is C16H25N3. The van der Waals surface area contributed by atoms with Crippen LogP contribution in [0.1, 0.15) is 39.5 Å². The number of unbranched alkanes of at least 4 members (excludes halogenated alkanes) is 2. The largest absolute Gasteiger partial charge is 0.398 e. The van der Waals surface area contributed by atoms with Gasteiger partial charge in [0.15, 0.2) is 0 Å². The molecule has 2 aromatic rings. The summed E-state index contributed by atoms with van der Waals surface area (Å²) in [6.45, 7) is 4.27. The van der Waals surface area contributed by atoms with Gasteiger partial charge in [0, 0.05) is 23.3 Å². The number of hydrogen-bond acceptors (Lipinski definition) is 3. The number of pyridine rings is 1. The van der Waals surface area contributed by atoms with Gasteiger partial charge in [-0.25, -0.2) is 0 Å². The molecule has 3 heteroatoms. The van der Waals surface area contributed by atoms with Gasteiger partial charge in [0.05, 0.1) is 5.52 Å². The molecule has 3 nitrogen and oxygen atoms in total. The highest BCUT2D eigenvalue weighted by Gasteiger charge is 1.94. The van der Waals surface area contributed by atoms with E-state index < -0.39 is 0 Å². The van der Waals surface area contributed by atoms with Crippen LogP contribution in [-0.2, 0) is 0 Å². The van der Waals surface area contributed by atoms with E-state index in [-0.39, 0.29) is 0 Å². The zero-order valence-corrected chi connectivity index (χ0v) is 12.0. The first-order valence-corrected chi connectivity index (χ1v) is 7.00. The third-order valence-corrected chi connectivity index (χ3v) is 2.94. The highest BCUT2D eigenvalue weighted by Crippen LogP contribution is 2.17. The Hall–Kier alpha value is -1.61. The predicted molar refractivity (Wildman–Crippen MR) is 83.9 cm³/mol. The van der Waals surface area contributed by atoms with Crippen LogP contribution in [0, 0.1) is 0 Å². The van der Waals surface area contributed by atoms with Crippen molar-refractivity contribution < 1.29 is 0 Å². The molecule has 0 amide bonds. The Kier molecular flexibility index (Phi) is 6.90. The molecule has 19 heavy (non-hydrogen) atoms. The van der Waals surface area contributed by atoms with Crippen LogP contribution in [-0.4, -0.2) is 11.0 Å². The Bertz CT molecular complexity index is 475. The number of nitrogens with two attached hydrogens (primary N) is 2. The second kappa shape index (κ2) is 8.48. The van der Waals surface area contributed by atoms with Crippen LogP contribution >= 0.6 is 0 Å². The van der Waals surface area contributed by atoms with E-state index in [0.717, 1.165) is 16.6 Å². The van der Waals surface area contributed by atoms with Crippen LogP contribution in [0.25, 0.3) is 10.9 Å². The summed E-state index contributed by atoms with van der Waals surface area (Å²) in [6, 6.07) is 10.00. The standard InChI is InChI=1S/C9H8N2.C7H17N/c10-8-4-1-5-9-7(8)3-2-6-11-9;1-3-4-5-6-7(2)8/h1-6H,10H2;7H,3-6,8H2,1-2H3. The average Bonchev–Trinajstić information content (AvgIpc) is 2.40. The number of nitrogen functional groups attached to an aromatic ring is 1. The van der Waals surface area contributed by atoms with Crippen LogP contribution in [0.15, 0.2) is 36.5 Å². The van der Waals surface area contributed by atoms with Gasteiger partial charge in [0.1, 0.15) is 0 Å². The quantitative estimate of drug-likeness (QED) is 0.649. The Morgan fingerprint density at radius 2 is 1.95 bits per heavy atom. The van der Waals surface area contributed by atoms with Gasteiger partial charge in [-0.3, -0.25) is 4.98 Å². The van der Waals surface area contributed by atoms with Crippen molar-refractivity contribution in [3.63, 3.8) is 0 Å². The van der Waals surface area contributed by atoms with E-state index in [1.54, 1.807) is 6.20 Å². The van der Waals surface area contributed by atoms with Crippen molar-refractivity contribution in [2.75, 3.05) is 5.73 Å². The summed E-state index contributed by atoms with van der Waals surface area (Å²) >= 11 is 0. The van der Waals surface area contributed by atoms with Gasteiger partial charge in [0.25, 0.3) is 0 Å². The normalized spacial score (nSPS) is 11.7. The van der Waals surface area contributed by atoms with E-state index in [1.165, 1.54) is 25.7 Å². The van der Waals surface area contributed by atoms with E-state index in [1.807, 2.05) is 30.3 Å². The lowest BCUT2D eigenvalue weighted by atomic mass is 10.1. The Morgan fingerprint density at radius 1 is 1.16 bits per heavy atom. The molecule has 0 saturated carbocycles. The van der Waals surface area contributed by atoms with Crippen molar-refractivity contribution in [2.24, 2.45) is 5.73 Å². The number of rotatable bonds is 4. The Labute approximate surface area is 116 Å². The van der Waals surface area contributed by atoms with Crippen molar-refractivity contribution in [3.05, 3.63) is 36.5 Å². The van der Waals surface area contributed by atoms with Crippen molar-refractivity contribution in [1.82, 2.24) is 4.98 Å². The molecule has 0 aliphatic carbocycles. The fraction of sp³-hybridized carbons (Fsp3) is 0.438. The second-order valence-corrected chi connectivity index (χ2v) is 4.89. The van der Waals surface area contributed by atoms with E-state index >= 15 is 0 Å². The van der Waals surface area contributed by atoms with E-state index in [2.05, 4.69) is 18.8 Å². The lowest BCUT2D eigenvalue weighted by Crippen LogP contribution is -2.13. The van der Waals surface area contributed by atoms with E-state index in [4.69, 9.17) is 11.5 Å². The molecule has 104 valence electrons. The fourth-order valence-corrected chi connectivity index (χ4v) is 1.84. The van der Waals surface area contributed by atoms with Crippen molar-refractivity contribution in [1.29, 1.82) is 0 Å². The molecule has 0 saturated heterocycles. The zero-order chi connectivity index (χ0) is 14.1. The molecule has 0 radical (unpaired) electrons. The maximum absolute atomic E-state index is 5.72. The Balaban J connectivity index is 0.000000203. The number of aromatic nitrogens is 1. The first-order valence-electron chi connectivity index (χ1n) is 7.00. The Morgan fingerprint density at radius 3 is 2.58 bits per heavy atom. The molecule has 1 unspecified atom stereocenters. The van der Waals surface area contributed by atoms with Gasteiger partial charge in [0.2, 0.25) is 0 Å². The molecule has 4 N–H and O–H groups in total. The molecule has 0 aliphatic rings. The minimum absolute atomic E-state index is 0.404. The number of benzene rings is 1. The molecule has 0 aliphatic heterocycles. The zero-order valence-electron chi connectivity index (χ0n) is 12.0. The second-order valence-electron chi connectivity index (χ2n) is 4.89. The number of anilines is 1. The van der Waals surface area contributed by atoms with E-state index in [0.29, 0.717) is 6.04 Å². The predicted octanol–water partition coefficient (Wildman–Crippen LogP) is 3.73. The van der Waals surface area contributed by atoms with E-state index in [9.17, 15) is 0 Å². The first-order chi connectivity index (χ1) is 9.15. The lowest BCUT2D eigenvalue weighted by Gasteiger charge is -2.01. The number of nitrogens with zero attached hydrogens (tertiary/aromatic N) is 1. The van der Waals surface area contributed by atoms with Gasteiger partial charge < -0.3 is 11.5 Å². The van der Waals surface area contributed by atoms with Gasteiger partial charge >= 0.3 is 0 Å². The molecule has 1 aromatic carbocycles. The summed E-state index contributed by atoms with van der Waals surface area (Å²) in [5.74, 6) is 0. The van der Waals surface area contributed by atoms with Crippen LogP contribution in [0.3, 0.4) is 0 Å². The minimum atomic E-state index is 0.404. The molecule has 1 heterocycles. The fourth-order valence-electron chi connectivity index (χ4n) is 1.84.